The molecule has 0 aromatic heterocycles. The largest absolute Gasteiger partial charge is 0.340 e. The van der Waals surface area contributed by atoms with E-state index in [-0.39, 0.29) is 17.9 Å². The highest BCUT2D eigenvalue weighted by atomic mass is 16.2. The molecule has 0 aromatic carbocycles. The number of rotatable bonds is 3. The van der Waals surface area contributed by atoms with Gasteiger partial charge in [0.1, 0.15) is 11.6 Å². The van der Waals surface area contributed by atoms with Crippen LogP contribution in [0.4, 0.5) is 0 Å². The lowest BCUT2D eigenvalue weighted by molar-refractivity contribution is -0.154. The summed E-state index contributed by atoms with van der Waals surface area (Å²) in [6.07, 6.45) is 4.85. The molecule has 0 bridgehead atoms. The first-order valence-electron chi connectivity index (χ1n) is 8.41. The molecule has 1 saturated carbocycles. The van der Waals surface area contributed by atoms with Crippen molar-refractivity contribution in [1.82, 2.24) is 15.1 Å². The van der Waals surface area contributed by atoms with E-state index in [2.05, 4.69) is 17.1 Å². The monoisotopic (exact) mass is 293 g/mol. The number of amides is 2. The van der Waals surface area contributed by atoms with Crippen molar-refractivity contribution in [2.24, 2.45) is 5.92 Å². The molecule has 3 fully saturated rings. The molecule has 3 rings (SSSR count). The standard InChI is InChI=1S/C16H27N3O2/c1-3-18-9-6-13(10-18)11-19-12(2)14(20)17-16(15(19)21)7-4-5-8-16/h12-13H,3-11H2,1-2H3,(H,17,20). The molecule has 0 radical (unpaired) electrons. The molecule has 21 heavy (non-hydrogen) atoms. The predicted molar refractivity (Wildman–Crippen MR) is 80.7 cm³/mol. The van der Waals surface area contributed by atoms with E-state index in [4.69, 9.17) is 0 Å². The molecule has 1 N–H and O–H groups in total. The summed E-state index contributed by atoms with van der Waals surface area (Å²) in [6, 6.07) is -0.320. The zero-order chi connectivity index (χ0) is 15.0. The number of nitrogens with one attached hydrogen (secondary N) is 1. The van der Waals surface area contributed by atoms with Crippen LogP contribution in [0.1, 0.15) is 46.0 Å². The van der Waals surface area contributed by atoms with Gasteiger partial charge in [0, 0.05) is 13.1 Å². The predicted octanol–water partition coefficient (Wildman–Crippen LogP) is 0.988. The first kappa shape index (κ1) is 14.8. The van der Waals surface area contributed by atoms with Crippen molar-refractivity contribution in [2.75, 3.05) is 26.2 Å². The fourth-order valence-corrected chi connectivity index (χ4v) is 4.17. The van der Waals surface area contributed by atoms with Crippen LogP contribution in [-0.2, 0) is 9.59 Å². The molecule has 2 atom stereocenters. The summed E-state index contributed by atoms with van der Waals surface area (Å²) < 4.78 is 0. The smallest absolute Gasteiger partial charge is 0.249 e. The van der Waals surface area contributed by atoms with Crippen LogP contribution < -0.4 is 5.32 Å². The third-order valence-electron chi connectivity index (χ3n) is 5.61. The number of carbonyl (C=O) groups is 2. The topological polar surface area (TPSA) is 52.6 Å². The molecule has 2 aliphatic heterocycles. The first-order valence-corrected chi connectivity index (χ1v) is 8.41. The molecule has 2 saturated heterocycles. The van der Waals surface area contributed by atoms with Crippen molar-refractivity contribution in [3.05, 3.63) is 0 Å². The normalized spacial score (nSPS) is 33.0. The Bertz CT molecular complexity index is 431. The minimum absolute atomic E-state index is 0.0295. The van der Waals surface area contributed by atoms with Crippen LogP contribution in [0.2, 0.25) is 0 Å². The third-order valence-corrected chi connectivity index (χ3v) is 5.61. The lowest BCUT2D eigenvalue weighted by Crippen LogP contribution is -2.69. The van der Waals surface area contributed by atoms with Crippen molar-refractivity contribution in [2.45, 2.75) is 57.5 Å². The SMILES string of the molecule is CCN1CCC(CN2C(=O)C3(CCCC3)NC(=O)C2C)C1. The van der Waals surface area contributed by atoms with Crippen LogP contribution in [0.15, 0.2) is 0 Å². The number of carbonyl (C=O) groups excluding carboxylic acids is 2. The fourth-order valence-electron chi connectivity index (χ4n) is 4.17. The van der Waals surface area contributed by atoms with E-state index in [1.165, 1.54) is 0 Å². The third kappa shape index (κ3) is 2.56. The first-order chi connectivity index (χ1) is 10.1. The average Bonchev–Trinajstić information content (AvgIpc) is 3.11. The van der Waals surface area contributed by atoms with Crippen LogP contribution >= 0.6 is 0 Å². The second-order valence-corrected chi connectivity index (χ2v) is 6.96. The molecule has 2 unspecified atom stereocenters. The number of likely N-dealkylation sites (tertiary alicyclic amines) is 1. The zero-order valence-electron chi connectivity index (χ0n) is 13.2. The molecule has 0 aromatic rings. The summed E-state index contributed by atoms with van der Waals surface area (Å²) in [7, 11) is 0. The number of piperazine rings is 1. The lowest BCUT2D eigenvalue weighted by atomic mass is 9.90. The van der Waals surface area contributed by atoms with Gasteiger partial charge in [0.15, 0.2) is 0 Å². The van der Waals surface area contributed by atoms with Crippen LogP contribution in [0.25, 0.3) is 0 Å². The van der Waals surface area contributed by atoms with Crippen LogP contribution in [0.5, 0.6) is 0 Å². The van der Waals surface area contributed by atoms with E-state index in [9.17, 15) is 9.59 Å². The second-order valence-electron chi connectivity index (χ2n) is 6.96. The van der Waals surface area contributed by atoms with Gasteiger partial charge in [-0.15, -0.1) is 0 Å². The van der Waals surface area contributed by atoms with Crippen molar-refractivity contribution >= 4 is 11.8 Å². The molecule has 2 heterocycles. The molecule has 118 valence electrons. The van der Waals surface area contributed by atoms with E-state index in [1.54, 1.807) is 0 Å². The van der Waals surface area contributed by atoms with Crippen LogP contribution in [0.3, 0.4) is 0 Å². The Hall–Kier alpha value is -1.10. The fraction of sp³-hybridized carbons (Fsp3) is 0.875. The van der Waals surface area contributed by atoms with Gasteiger partial charge >= 0.3 is 0 Å². The Kier molecular flexibility index (Phi) is 3.95. The van der Waals surface area contributed by atoms with Gasteiger partial charge < -0.3 is 15.1 Å². The van der Waals surface area contributed by atoms with E-state index in [1.807, 2.05) is 11.8 Å². The molecule has 1 aliphatic carbocycles. The highest BCUT2D eigenvalue weighted by molar-refractivity contribution is 5.99. The summed E-state index contributed by atoms with van der Waals surface area (Å²) >= 11 is 0. The van der Waals surface area contributed by atoms with Gasteiger partial charge in [0.2, 0.25) is 11.8 Å². The maximum Gasteiger partial charge on any atom is 0.249 e. The van der Waals surface area contributed by atoms with E-state index in [0.717, 1.165) is 58.3 Å². The maximum absolute atomic E-state index is 12.9. The van der Waals surface area contributed by atoms with Gasteiger partial charge in [-0.25, -0.2) is 0 Å². The van der Waals surface area contributed by atoms with E-state index in [0.29, 0.717) is 5.92 Å². The molecule has 5 heteroatoms. The Morgan fingerprint density at radius 2 is 2.00 bits per heavy atom. The number of hydrogen-bond acceptors (Lipinski definition) is 3. The summed E-state index contributed by atoms with van der Waals surface area (Å²) in [5, 5.41) is 3.03. The van der Waals surface area contributed by atoms with Gasteiger partial charge in [-0.3, -0.25) is 9.59 Å². The van der Waals surface area contributed by atoms with Gasteiger partial charge in [0.05, 0.1) is 0 Å². The van der Waals surface area contributed by atoms with Gasteiger partial charge in [-0.2, -0.15) is 0 Å². The Labute approximate surface area is 127 Å². The lowest BCUT2D eigenvalue weighted by Gasteiger charge is -2.44. The summed E-state index contributed by atoms with van der Waals surface area (Å²) in [4.78, 5) is 29.5. The number of nitrogens with zero attached hydrogens (tertiary/aromatic N) is 2. The highest BCUT2D eigenvalue weighted by Gasteiger charge is 2.51. The number of hydrogen-bond donors (Lipinski definition) is 1. The molecule has 5 nitrogen and oxygen atoms in total. The molecular weight excluding hydrogens is 266 g/mol. The molecule has 1 spiro atoms. The Morgan fingerprint density at radius 3 is 2.62 bits per heavy atom. The maximum atomic E-state index is 12.9. The minimum atomic E-state index is -0.577. The van der Waals surface area contributed by atoms with E-state index < -0.39 is 5.54 Å². The summed E-state index contributed by atoms with van der Waals surface area (Å²) in [6.45, 7) is 8.03. The second kappa shape index (κ2) is 5.59. The summed E-state index contributed by atoms with van der Waals surface area (Å²) in [5.41, 5.74) is -0.577. The average molecular weight is 293 g/mol. The zero-order valence-corrected chi connectivity index (χ0v) is 13.2. The molecular formula is C16H27N3O2. The highest BCUT2D eigenvalue weighted by Crippen LogP contribution is 2.35. The molecule has 3 aliphatic rings. The van der Waals surface area contributed by atoms with Crippen LogP contribution in [0, 0.1) is 5.92 Å². The summed E-state index contributed by atoms with van der Waals surface area (Å²) in [5.74, 6) is 0.713. The van der Waals surface area contributed by atoms with Gasteiger partial charge in [-0.1, -0.05) is 19.8 Å². The Balaban J connectivity index is 1.72. The van der Waals surface area contributed by atoms with Crippen molar-refractivity contribution < 1.29 is 9.59 Å². The Morgan fingerprint density at radius 1 is 1.29 bits per heavy atom. The van der Waals surface area contributed by atoms with Gasteiger partial charge in [-0.05, 0) is 45.2 Å². The van der Waals surface area contributed by atoms with E-state index >= 15 is 0 Å². The van der Waals surface area contributed by atoms with Crippen molar-refractivity contribution in [3.8, 4) is 0 Å². The van der Waals surface area contributed by atoms with Crippen molar-refractivity contribution in [3.63, 3.8) is 0 Å². The minimum Gasteiger partial charge on any atom is -0.340 e. The molecule has 2 amide bonds. The van der Waals surface area contributed by atoms with Crippen LogP contribution in [-0.4, -0.2) is 59.4 Å². The quantitative estimate of drug-likeness (QED) is 0.844. The van der Waals surface area contributed by atoms with Gasteiger partial charge in [0.25, 0.3) is 0 Å². The van der Waals surface area contributed by atoms with Crippen molar-refractivity contribution in [1.29, 1.82) is 0 Å².